The molecule has 1 heterocycles. The number of alkyl halides is 2. The van der Waals surface area contributed by atoms with Crippen LogP contribution in [0.3, 0.4) is 0 Å². The lowest BCUT2D eigenvalue weighted by molar-refractivity contribution is -0.122. The van der Waals surface area contributed by atoms with E-state index in [9.17, 15) is 13.6 Å². The molecule has 0 saturated carbocycles. The van der Waals surface area contributed by atoms with Gasteiger partial charge in [-0.05, 0) is 49.7 Å². The van der Waals surface area contributed by atoms with Crippen molar-refractivity contribution in [1.82, 2.24) is 4.90 Å². The highest BCUT2D eigenvalue weighted by molar-refractivity contribution is 5.98. The predicted octanol–water partition coefficient (Wildman–Crippen LogP) is 3.71. The SMILES string of the molecule is COc1cc(CN(C)C(C)C(=O)N2CCc3ccccc32)ccc1OC(F)F. The zero-order chi connectivity index (χ0) is 20.3. The van der Waals surface area contributed by atoms with E-state index >= 15 is 0 Å². The standard InChI is InChI=1S/C21H24F2N2O3/c1-14(20(26)25-11-10-16-6-4-5-7-17(16)25)24(2)13-15-8-9-18(28-21(22)23)19(12-15)27-3/h4-9,12,14,21H,10-11,13H2,1-3H3. The molecule has 28 heavy (non-hydrogen) atoms. The van der Waals surface area contributed by atoms with E-state index in [1.165, 1.54) is 18.7 Å². The lowest BCUT2D eigenvalue weighted by Crippen LogP contribution is -2.45. The molecule has 2 aromatic rings. The minimum Gasteiger partial charge on any atom is -0.493 e. The van der Waals surface area contributed by atoms with Crippen LogP contribution in [0.2, 0.25) is 0 Å². The first-order valence-electron chi connectivity index (χ1n) is 9.12. The fraction of sp³-hybridized carbons (Fsp3) is 0.381. The predicted molar refractivity (Wildman–Crippen MR) is 103 cm³/mol. The highest BCUT2D eigenvalue weighted by atomic mass is 19.3. The second kappa shape index (κ2) is 8.56. The number of amides is 1. The van der Waals surface area contributed by atoms with Gasteiger partial charge in [-0.2, -0.15) is 8.78 Å². The summed E-state index contributed by atoms with van der Waals surface area (Å²) in [6.07, 6.45) is 0.862. The van der Waals surface area contributed by atoms with Crippen LogP contribution >= 0.6 is 0 Å². The van der Waals surface area contributed by atoms with Crippen LogP contribution < -0.4 is 14.4 Å². The van der Waals surface area contributed by atoms with Crippen LogP contribution in [0.1, 0.15) is 18.1 Å². The monoisotopic (exact) mass is 390 g/mol. The third-order valence-electron chi connectivity index (χ3n) is 5.05. The molecule has 3 rings (SSSR count). The van der Waals surface area contributed by atoms with Crippen molar-refractivity contribution in [1.29, 1.82) is 0 Å². The molecule has 0 fully saturated rings. The van der Waals surface area contributed by atoms with E-state index in [-0.39, 0.29) is 23.4 Å². The Morgan fingerprint density at radius 2 is 1.96 bits per heavy atom. The van der Waals surface area contributed by atoms with Crippen molar-refractivity contribution in [2.45, 2.75) is 32.5 Å². The number of hydrogen-bond acceptors (Lipinski definition) is 4. The summed E-state index contributed by atoms with van der Waals surface area (Å²) in [6, 6.07) is 12.4. The normalized spacial score (nSPS) is 14.3. The van der Waals surface area contributed by atoms with Gasteiger partial charge < -0.3 is 14.4 Å². The van der Waals surface area contributed by atoms with E-state index in [1.54, 1.807) is 12.1 Å². The average Bonchev–Trinajstić information content (AvgIpc) is 3.11. The lowest BCUT2D eigenvalue weighted by Gasteiger charge is -2.28. The Kier molecular flexibility index (Phi) is 6.14. The molecule has 0 radical (unpaired) electrons. The van der Waals surface area contributed by atoms with Gasteiger partial charge >= 0.3 is 6.61 Å². The van der Waals surface area contributed by atoms with Crippen molar-refractivity contribution in [3.8, 4) is 11.5 Å². The van der Waals surface area contributed by atoms with E-state index in [2.05, 4.69) is 4.74 Å². The summed E-state index contributed by atoms with van der Waals surface area (Å²) < 4.78 is 34.5. The Labute approximate surface area is 163 Å². The van der Waals surface area contributed by atoms with Gasteiger partial charge in [0.05, 0.1) is 13.2 Å². The first-order chi connectivity index (χ1) is 13.4. The number of ether oxygens (including phenoxy) is 2. The van der Waals surface area contributed by atoms with Crippen LogP contribution in [0.4, 0.5) is 14.5 Å². The van der Waals surface area contributed by atoms with E-state index < -0.39 is 6.61 Å². The van der Waals surface area contributed by atoms with Gasteiger partial charge in [-0.15, -0.1) is 0 Å². The number of fused-ring (bicyclic) bond motifs is 1. The smallest absolute Gasteiger partial charge is 0.387 e. The number of benzene rings is 2. The largest absolute Gasteiger partial charge is 0.493 e. The van der Waals surface area contributed by atoms with E-state index in [4.69, 9.17) is 4.74 Å². The third-order valence-corrected chi connectivity index (χ3v) is 5.05. The van der Waals surface area contributed by atoms with Crippen LogP contribution in [-0.2, 0) is 17.8 Å². The second-order valence-corrected chi connectivity index (χ2v) is 6.82. The number of carbonyl (C=O) groups is 1. The first kappa shape index (κ1) is 20.1. The van der Waals surface area contributed by atoms with Crippen LogP contribution in [0, 0.1) is 0 Å². The number of para-hydroxylation sites is 1. The molecule has 7 heteroatoms. The molecule has 2 aromatic carbocycles. The summed E-state index contributed by atoms with van der Waals surface area (Å²) in [7, 11) is 3.26. The van der Waals surface area contributed by atoms with Gasteiger partial charge in [0.2, 0.25) is 5.91 Å². The highest BCUT2D eigenvalue weighted by Gasteiger charge is 2.29. The maximum Gasteiger partial charge on any atom is 0.387 e. The topological polar surface area (TPSA) is 42.0 Å². The second-order valence-electron chi connectivity index (χ2n) is 6.82. The van der Waals surface area contributed by atoms with Crippen molar-refractivity contribution in [3.63, 3.8) is 0 Å². The Balaban J connectivity index is 1.69. The Hall–Kier alpha value is -2.67. The Bertz CT molecular complexity index is 844. The molecule has 0 spiro atoms. The minimum atomic E-state index is -2.91. The van der Waals surface area contributed by atoms with E-state index in [0.29, 0.717) is 13.1 Å². The fourth-order valence-electron chi connectivity index (χ4n) is 3.41. The van der Waals surface area contributed by atoms with Crippen molar-refractivity contribution in [3.05, 3.63) is 53.6 Å². The summed E-state index contributed by atoms with van der Waals surface area (Å²) in [5.74, 6) is 0.262. The highest BCUT2D eigenvalue weighted by Crippen LogP contribution is 2.31. The summed E-state index contributed by atoms with van der Waals surface area (Å²) in [6.45, 7) is 0.107. The fourth-order valence-corrected chi connectivity index (χ4v) is 3.41. The quantitative estimate of drug-likeness (QED) is 0.723. The zero-order valence-corrected chi connectivity index (χ0v) is 16.2. The number of carbonyl (C=O) groups excluding carboxylic acids is 1. The summed E-state index contributed by atoms with van der Waals surface area (Å²) >= 11 is 0. The average molecular weight is 390 g/mol. The number of nitrogens with zero attached hydrogens (tertiary/aromatic N) is 2. The number of likely N-dealkylation sites (N-methyl/N-ethyl adjacent to an activating group) is 1. The molecule has 5 nitrogen and oxygen atoms in total. The molecular weight excluding hydrogens is 366 g/mol. The van der Waals surface area contributed by atoms with E-state index in [1.807, 2.05) is 48.0 Å². The Morgan fingerprint density at radius 1 is 1.21 bits per heavy atom. The van der Waals surface area contributed by atoms with Gasteiger partial charge in [-0.25, -0.2) is 0 Å². The molecule has 1 aliphatic heterocycles. The van der Waals surface area contributed by atoms with Crippen LogP contribution in [0.5, 0.6) is 11.5 Å². The molecule has 1 unspecified atom stereocenters. The number of halogens is 2. The minimum absolute atomic E-state index is 0.0123. The van der Waals surface area contributed by atoms with Crippen LogP contribution in [-0.4, -0.2) is 44.2 Å². The zero-order valence-electron chi connectivity index (χ0n) is 16.2. The van der Waals surface area contributed by atoms with Crippen molar-refractivity contribution in [2.75, 3.05) is 25.6 Å². The van der Waals surface area contributed by atoms with Gasteiger partial charge in [-0.3, -0.25) is 9.69 Å². The number of anilines is 1. The Morgan fingerprint density at radius 3 is 2.68 bits per heavy atom. The third kappa shape index (κ3) is 4.25. The van der Waals surface area contributed by atoms with Gasteiger partial charge in [0, 0.05) is 18.8 Å². The van der Waals surface area contributed by atoms with Crippen molar-refractivity contribution < 1.29 is 23.0 Å². The summed E-state index contributed by atoms with van der Waals surface area (Å²) in [4.78, 5) is 16.7. The molecule has 0 N–H and O–H groups in total. The van der Waals surface area contributed by atoms with Crippen molar-refractivity contribution >= 4 is 11.6 Å². The maximum absolute atomic E-state index is 13.0. The number of methoxy groups -OCH3 is 1. The van der Waals surface area contributed by atoms with Crippen molar-refractivity contribution in [2.24, 2.45) is 0 Å². The summed E-state index contributed by atoms with van der Waals surface area (Å²) in [5.41, 5.74) is 3.00. The molecular formula is C21H24F2N2O3. The molecule has 1 amide bonds. The van der Waals surface area contributed by atoms with Crippen LogP contribution in [0.25, 0.3) is 0 Å². The summed E-state index contributed by atoms with van der Waals surface area (Å²) in [5, 5.41) is 0. The first-order valence-corrected chi connectivity index (χ1v) is 9.12. The molecule has 0 aliphatic carbocycles. The molecule has 0 saturated heterocycles. The lowest BCUT2D eigenvalue weighted by atomic mass is 10.1. The number of hydrogen-bond donors (Lipinski definition) is 0. The molecule has 1 aliphatic rings. The van der Waals surface area contributed by atoms with Gasteiger partial charge in [0.25, 0.3) is 0 Å². The van der Waals surface area contributed by atoms with Crippen LogP contribution in [0.15, 0.2) is 42.5 Å². The molecule has 150 valence electrons. The molecule has 0 bridgehead atoms. The van der Waals surface area contributed by atoms with E-state index in [0.717, 1.165) is 17.7 Å². The van der Waals surface area contributed by atoms with Gasteiger partial charge in [-0.1, -0.05) is 24.3 Å². The van der Waals surface area contributed by atoms with Gasteiger partial charge in [0.1, 0.15) is 0 Å². The molecule has 1 atom stereocenters. The maximum atomic E-state index is 13.0. The molecule has 0 aromatic heterocycles. The number of rotatable bonds is 7. The van der Waals surface area contributed by atoms with Gasteiger partial charge in [0.15, 0.2) is 11.5 Å².